The number of rotatable bonds is 3. The zero-order chi connectivity index (χ0) is 22.2. The molecule has 0 atom stereocenters. The minimum atomic E-state index is -0.301. The smallest absolute Gasteiger partial charge is 0.409 e. The van der Waals surface area contributed by atoms with Gasteiger partial charge in [0.1, 0.15) is 5.82 Å². The lowest BCUT2D eigenvalue weighted by Gasteiger charge is -2.30. The fraction of sp³-hybridized carbons (Fsp3) is 0.320. The van der Waals surface area contributed by atoms with Gasteiger partial charge in [-0.05, 0) is 38.8 Å². The quantitative estimate of drug-likeness (QED) is 0.509. The van der Waals surface area contributed by atoms with Gasteiger partial charge in [0.15, 0.2) is 0 Å². The maximum Gasteiger partial charge on any atom is 0.409 e. The van der Waals surface area contributed by atoms with Gasteiger partial charge in [0.25, 0.3) is 0 Å². The maximum absolute atomic E-state index is 13.3. The van der Waals surface area contributed by atoms with Crippen LogP contribution in [0.5, 0.6) is 0 Å². The number of likely N-dealkylation sites (tertiary alicyclic amines) is 1. The predicted octanol–water partition coefficient (Wildman–Crippen LogP) is 4.76. The van der Waals surface area contributed by atoms with Crippen molar-refractivity contribution in [2.24, 2.45) is 5.92 Å². The van der Waals surface area contributed by atoms with Crippen LogP contribution in [0.15, 0.2) is 48.5 Å². The second kappa shape index (κ2) is 8.15. The number of ether oxygens (including phenoxy) is 1. The van der Waals surface area contributed by atoms with Crippen LogP contribution in [0.3, 0.4) is 0 Å². The first-order valence-corrected chi connectivity index (χ1v) is 11.1. The van der Waals surface area contributed by atoms with Crippen molar-refractivity contribution in [2.75, 3.05) is 25.0 Å². The molecular formula is C25H26N4O3. The number of piperidine rings is 1. The number of benzene rings is 2. The van der Waals surface area contributed by atoms with E-state index in [1.54, 1.807) is 11.8 Å². The Bertz CT molecular complexity index is 1340. The van der Waals surface area contributed by atoms with E-state index in [9.17, 15) is 9.59 Å². The summed E-state index contributed by atoms with van der Waals surface area (Å²) in [5.41, 5.74) is 3.70. The molecule has 4 aromatic rings. The van der Waals surface area contributed by atoms with E-state index < -0.39 is 0 Å². The lowest BCUT2D eigenvalue weighted by Crippen LogP contribution is -2.41. The fourth-order valence-electron chi connectivity index (χ4n) is 4.72. The van der Waals surface area contributed by atoms with Gasteiger partial charge >= 0.3 is 6.09 Å². The van der Waals surface area contributed by atoms with Crippen molar-refractivity contribution in [3.63, 3.8) is 0 Å². The van der Waals surface area contributed by atoms with E-state index in [0.29, 0.717) is 32.5 Å². The zero-order valence-corrected chi connectivity index (χ0v) is 18.3. The average Bonchev–Trinajstić information content (AvgIpc) is 3.14. The summed E-state index contributed by atoms with van der Waals surface area (Å²) in [6.07, 6.45) is 0.941. The number of para-hydroxylation sites is 2. The van der Waals surface area contributed by atoms with E-state index in [-0.39, 0.29) is 17.9 Å². The molecule has 1 fully saturated rings. The average molecular weight is 431 g/mol. The highest BCUT2D eigenvalue weighted by molar-refractivity contribution is 6.16. The molecule has 2 amide bonds. The zero-order valence-electron chi connectivity index (χ0n) is 18.3. The number of nitrogens with zero attached hydrogens (tertiary/aromatic N) is 3. The number of hydrogen-bond donors (Lipinski definition) is 1. The first kappa shape index (κ1) is 20.3. The third-order valence-corrected chi connectivity index (χ3v) is 6.28. The summed E-state index contributed by atoms with van der Waals surface area (Å²) in [6, 6.07) is 16.1. The Balaban J connectivity index is 1.52. The molecule has 0 saturated carbocycles. The van der Waals surface area contributed by atoms with Crippen LogP contribution in [0.2, 0.25) is 0 Å². The number of aromatic nitrogens is 2. The van der Waals surface area contributed by atoms with Crippen molar-refractivity contribution < 1.29 is 14.3 Å². The lowest BCUT2D eigenvalue weighted by atomic mass is 9.96. The van der Waals surface area contributed by atoms with Crippen molar-refractivity contribution in [2.45, 2.75) is 26.7 Å². The molecule has 7 heteroatoms. The van der Waals surface area contributed by atoms with Gasteiger partial charge in [-0.15, -0.1) is 0 Å². The molecule has 0 bridgehead atoms. The molecule has 2 aromatic carbocycles. The minimum Gasteiger partial charge on any atom is -0.450 e. The number of aryl methyl sites for hydroxylation is 1. The molecule has 0 radical (unpaired) electrons. The van der Waals surface area contributed by atoms with Gasteiger partial charge in [-0.25, -0.2) is 9.78 Å². The molecule has 164 valence electrons. The number of carbonyl (C=O) groups is 2. The summed E-state index contributed by atoms with van der Waals surface area (Å²) < 4.78 is 7.21. The number of anilines is 1. The van der Waals surface area contributed by atoms with Gasteiger partial charge < -0.3 is 15.0 Å². The van der Waals surface area contributed by atoms with Crippen LogP contribution in [0, 0.1) is 12.8 Å². The van der Waals surface area contributed by atoms with E-state index in [4.69, 9.17) is 9.72 Å². The van der Waals surface area contributed by atoms with Crippen LogP contribution in [-0.4, -0.2) is 46.0 Å². The summed E-state index contributed by atoms with van der Waals surface area (Å²) in [6.45, 7) is 5.20. The summed E-state index contributed by atoms with van der Waals surface area (Å²) in [4.78, 5) is 31.7. The Hall–Kier alpha value is -3.61. The van der Waals surface area contributed by atoms with Crippen LogP contribution in [0.25, 0.3) is 27.3 Å². The molecule has 0 unspecified atom stereocenters. The highest BCUT2D eigenvalue weighted by Crippen LogP contribution is 2.37. The molecule has 32 heavy (non-hydrogen) atoms. The molecule has 1 aliphatic rings. The van der Waals surface area contributed by atoms with Crippen LogP contribution in [0.4, 0.5) is 10.5 Å². The number of carbonyl (C=O) groups excluding carboxylic acids is 2. The molecule has 3 heterocycles. The Labute approximate surface area is 186 Å². The fourth-order valence-corrected chi connectivity index (χ4v) is 4.72. The van der Waals surface area contributed by atoms with E-state index >= 15 is 0 Å². The Morgan fingerprint density at radius 1 is 1.06 bits per heavy atom. The van der Waals surface area contributed by atoms with Gasteiger partial charge in [0, 0.05) is 29.8 Å². The highest BCUT2D eigenvalue weighted by Gasteiger charge is 2.29. The number of nitrogens with one attached hydrogen (secondary N) is 1. The van der Waals surface area contributed by atoms with Gasteiger partial charge in [0.2, 0.25) is 5.91 Å². The van der Waals surface area contributed by atoms with Crippen molar-refractivity contribution in [3.05, 3.63) is 54.4 Å². The highest BCUT2D eigenvalue weighted by atomic mass is 16.6. The normalized spacial score (nSPS) is 14.9. The van der Waals surface area contributed by atoms with E-state index in [0.717, 1.165) is 38.8 Å². The largest absolute Gasteiger partial charge is 0.450 e. The SMILES string of the molecule is CCOC(=O)N1CCC(C(=O)Nc2c3ccccc3n3c(C)nc4ccccc4c23)CC1. The third-order valence-electron chi connectivity index (χ3n) is 6.28. The topological polar surface area (TPSA) is 75.9 Å². The predicted molar refractivity (Wildman–Crippen MR) is 125 cm³/mol. The molecule has 0 aliphatic carbocycles. The molecule has 1 saturated heterocycles. The van der Waals surface area contributed by atoms with E-state index in [1.165, 1.54) is 0 Å². The van der Waals surface area contributed by atoms with Crippen molar-refractivity contribution in [1.29, 1.82) is 0 Å². The monoisotopic (exact) mass is 430 g/mol. The van der Waals surface area contributed by atoms with Crippen molar-refractivity contribution in [1.82, 2.24) is 14.3 Å². The molecule has 2 aromatic heterocycles. The Morgan fingerprint density at radius 3 is 2.50 bits per heavy atom. The molecule has 1 aliphatic heterocycles. The van der Waals surface area contributed by atoms with E-state index in [1.807, 2.05) is 49.4 Å². The van der Waals surface area contributed by atoms with Gasteiger partial charge in [0.05, 0.1) is 28.8 Å². The van der Waals surface area contributed by atoms with Crippen molar-refractivity contribution >= 4 is 45.0 Å². The molecule has 5 rings (SSSR count). The summed E-state index contributed by atoms with van der Waals surface area (Å²) in [5, 5.41) is 5.24. The van der Waals surface area contributed by atoms with Crippen LogP contribution >= 0.6 is 0 Å². The lowest BCUT2D eigenvalue weighted by molar-refractivity contribution is -0.121. The van der Waals surface area contributed by atoms with Crippen LogP contribution in [0.1, 0.15) is 25.6 Å². The standard InChI is InChI=1S/C25H26N4O3/c1-3-32-25(31)28-14-12-17(13-15-28)24(30)27-22-19-9-5-7-11-21(19)29-16(2)26-20-10-6-4-8-18(20)23(22)29/h4-11,17H,3,12-15H2,1-2H3,(H,27,30). The molecule has 7 nitrogen and oxygen atoms in total. The second-order valence-electron chi connectivity index (χ2n) is 8.20. The summed E-state index contributed by atoms with van der Waals surface area (Å²) in [7, 11) is 0. The number of hydrogen-bond acceptors (Lipinski definition) is 4. The molecule has 0 spiro atoms. The number of fused-ring (bicyclic) bond motifs is 5. The second-order valence-corrected chi connectivity index (χ2v) is 8.20. The summed E-state index contributed by atoms with van der Waals surface area (Å²) in [5.74, 6) is 0.715. The Morgan fingerprint density at radius 2 is 1.75 bits per heavy atom. The molecule has 1 N–H and O–H groups in total. The first-order valence-electron chi connectivity index (χ1n) is 11.1. The maximum atomic E-state index is 13.3. The van der Waals surface area contributed by atoms with Crippen LogP contribution in [-0.2, 0) is 9.53 Å². The van der Waals surface area contributed by atoms with Crippen LogP contribution < -0.4 is 5.32 Å². The minimum absolute atomic E-state index is 0.00897. The third kappa shape index (κ3) is 3.34. The summed E-state index contributed by atoms with van der Waals surface area (Å²) >= 11 is 0. The first-order chi connectivity index (χ1) is 15.6. The van der Waals surface area contributed by atoms with Gasteiger partial charge in [-0.2, -0.15) is 0 Å². The van der Waals surface area contributed by atoms with Crippen molar-refractivity contribution in [3.8, 4) is 0 Å². The Kier molecular flexibility index (Phi) is 5.17. The van der Waals surface area contributed by atoms with Gasteiger partial charge in [-0.1, -0.05) is 36.4 Å². The van der Waals surface area contributed by atoms with E-state index in [2.05, 4.69) is 15.8 Å². The molecular weight excluding hydrogens is 404 g/mol. The number of amides is 2. The van der Waals surface area contributed by atoms with Gasteiger partial charge in [-0.3, -0.25) is 9.20 Å².